The number of hydrogen-bond acceptors (Lipinski definition) is 3. The number of aliphatic hydroxyl groups is 1. The van der Waals surface area contributed by atoms with Gasteiger partial charge in [-0.2, -0.15) is 8.78 Å². The number of halogens is 4. The Morgan fingerprint density at radius 1 is 1.24 bits per heavy atom. The minimum Gasteiger partial charge on any atom is -0.390 e. The number of thiophene rings is 1. The van der Waals surface area contributed by atoms with E-state index in [9.17, 15) is 22.7 Å². The van der Waals surface area contributed by atoms with Crippen molar-refractivity contribution >= 4 is 21.4 Å². The van der Waals surface area contributed by atoms with E-state index in [4.69, 9.17) is 0 Å². The quantitative estimate of drug-likeness (QED) is 0.787. The summed E-state index contributed by atoms with van der Waals surface area (Å²) in [5.41, 5.74) is 0.882. The number of alkyl halides is 4. The standard InChI is InChI=1S/C14H14F4O2S/c15-13(16)14(17,18)8-20-6-10(19)5-9-7-21-12-4-2-1-3-11(9)12/h1-4,7,10,13,19H,5-6,8H2. The molecule has 1 aromatic heterocycles. The van der Waals surface area contributed by atoms with Gasteiger partial charge in [-0.15, -0.1) is 11.3 Å². The molecule has 116 valence electrons. The van der Waals surface area contributed by atoms with Crippen LogP contribution in [0.3, 0.4) is 0 Å². The van der Waals surface area contributed by atoms with E-state index in [1.807, 2.05) is 29.6 Å². The van der Waals surface area contributed by atoms with Crippen molar-refractivity contribution in [1.82, 2.24) is 0 Å². The van der Waals surface area contributed by atoms with Gasteiger partial charge in [-0.3, -0.25) is 0 Å². The Kier molecular flexibility index (Phi) is 5.18. The van der Waals surface area contributed by atoms with Gasteiger partial charge in [-0.05, 0) is 22.4 Å². The van der Waals surface area contributed by atoms with Gasteiger partial charge in [0.15, 0.2) is 0 Å². The summed E-state index contributed by atoms with van der Waals surface area (Å²) in [6, 6.07) is 7.61. The molecule has 2 rings (SSSR count). The second kappa shape index (κ2) is 6.72. The maximum Gasteiger partial charge on any atom is 0.330 e. The molecule has 1 atom stereocenters. The van der Waals surface area contributed by atoms with Crippen LogP contribution in [-0.2, 0) is 11.2 Å². The van der Waals surface area contributed by atoms with Crippen LogP contribution in [0, 0.1) is 0 Å². The van der Waals surface area contributed by atoms with Crippen LogP contribution in [0.5, 0.6) is 0 Å². The number of hydrogen-bond donors (Lipinski definition) is 1. The van der Waals surface area contributed by atoms with E-state index in [1.165, 1.54) is 11.3 Å². The third kappa shape index (κ3) is 4.15. The fourth-order valence-corrected chi connectivity index (χ4v) is 2.87. The Labute approximate surface area is 123 Å². The zero-order valence-corrected chi connectivity index (χ0v) is 11.8. The largest absolute Gasteiger partial charge is 0.390 e. The van der Waals surface area contributed by atoms with Gasteiger partial charge in [0, 0.05) is 11.1 Å². The van der Waals surface area contributed by atoms with Crippen molar-refractivity contribution in [3.8, 4) is 0 Å². The minimum absolute atomic E-state index is 0.226. The number of aliphatic hydroxyl groups excluding tert-OH is 1. The van der Waals surface area contributed by atoms with Gasteiger partial charge in [-0.1, -0.05) is 18.2 Å². The fourth-order valence-electron chi connectivity index (χ4n) is 1.90. The van der Waals surface area contributed by atoms with Gasteiger partial charge in [0.1, 0.15) is 6.61 Å². The van der Waals surface area contributed by atoms with Crippen LogP contribution in [0.1, 0.15) is 5.56 Å². The lowest BCUT2D eigenvalue weighted by Crippen LogP contribution is -2.34. The van der Waals surface area contributed by atoms with Gasteiger partial charge in [0.05, 0.1) is 12.7 Å². The van der Waals surface area contributed by atoms with E-state index >= 15 is 0 Å². The number of fused-ring (bicyclic) bond motifs is 1. The van der Waals surface area contributed by atoms with Crippen LogP contribution < -0.4 is 0 Å². The molecule has 0 spiro atoms. The van der Waals surface area contributed by atoms with Gasteiger partial charge in [0.25, 0.3) is 0 Å². The molecule has 1 heterocycles. The normalized spacial score (nSPS) is 14.0. The zero-order valence-electron chi connectivity index (χ0n) is 10.9. The summed E-state index contributed by atoms with van der Waals surface area (Å²) in [5, 5.41) is 12.6. The minimum atomic E-state index is -4.19. The molecule has 2 aromatic rings. The maximum atomic E-state index is 12.6. The first kappa shape index (κ1) is 16.2. The van der Waals surface area contributed by atoms with E-state index < -0.39 is 31.7 Å². The summed E-state index contributed by atoms with van der Waals surface area (Å²) in [6.45, 7) is -1.81. The molecule has 0 fully saturated rings. The molecule has 0 aliphatic rings. The monoisotopic (exact) mass is 322 g/mol. The van der Waals surface area contributed by atoms with Crippen molar-refractivity contribution in [1.29, 1.82) is 0 Å². The van der Waals surface area contributed by atoms with Crippen LogP contribution in [0.4, 0.5) is 17.6 Å². The van der Waals surface area contributed by atoms with Gasteiger partial charge in [-0.25, -0.2) is 8.78 Å². The summed E-state index contributed by atoms with van der Waals surface area (Å²) in [6.07, 6.45) is -4.56. The average molecular weight is 322 g/mol. The fraction of sp³-hybridized carbons (Fsp3) is 0.429. The summed E-state index contributed by atoms with van der Waals surface area (Å²) >= 11 is 1.52. The van der Waals surface area contributed by atoms with E-state index in [1.54, 1.807) is 0 Å². The molecule has 21 heavy (non-hydrogen) atoms. The van der Waals surface area contributed by atoms with Crippen molar-refractivity contribution in [2.75, 3.05) is 13.2 Å². The third-order valence-corrected chi connectivity index (χ3v) is 3.95. The molecule has 7 heteroatoms. The summed E-state index contributed by atoms with van der Waals surface area (Å²) in [5.74, 6) is -4.19. The van der Waals surface area contributed by atoms with Crippen LogP contribution in [0.2, 0.25) is 0 Å². The highest BCUT2D eigenvalue weighted by molar-refractivity contribution is 7.17. The highest BCUT2D eigenvalue weighted by Gasteiger charge is 2.41. The van der Waals surface area contributed by atoms with E-state index in [-0.39, 0.29) is 6.42 Å². The molecule has 1 unspecified atom stereocenters. The van der Waals surface area contributed by atoms with E-state index in [2.05, 4.69) is 4.74 Å². The maximum absolute atomic E-state index is 12.6. The molecule has 0 saturated heterocycles. The molecule has 0 aliphatic carbocycles. The molecule has 0 aliphatic heterocycles. The Hall–Kier alpha value is -1.18. The Morgan fingerprint density at radius 2 is 1.95 bits per heavy atom. The van der Waals surface area contributed by atoms with Gasteiger partial charge >= 0.3 is 12.3 Å². The predicted octanol–water partition coefficient (Wildman–Crippen LogP) is 3.72. The van der Waals surface area contributed by atoms with Crippen molar-refractivity contribution in [2.45, 2.75) is 24.9 Å². The molecule has 1 N–H and O–H groups in total. The summed E-state index contributed by atoms with van der Waals surface area (Å²) in [7, 11) is 0. The van der Waals surface area contributed by atoms with Crippen molar-refractivity contribution in [2.24, 2.45) is 0 Å². The first-order chi connectivity index (χ1) is 9.90. The van der Waals surface area contributed by atoms with Crippen LogP contribution >= 0.6 is 11.3 Å². The lowest BCUT2D eigenvalue weighted by atomic mass is 10.1. The topological polar surface area (TPSA) is 29.5 Å². The SMILES string of the molecule is OC(COCC(F)(F)C(F)F)Cc1csc2ccccc12. The molecule has 0 amide bonds. The first-order valence-corrected chi connectivity index (χ1v) is 7.15. The predicted molar refractivity (Wildman–Crippen MR) is 73.3 cm³/mol. The number of ether oxygens (including phenoxy) is 1. The number of rotatable bonds is 7. The molecule has 0 saturated carbocycles. The van der Waals surface area contributed by atoms with Crippen LogP contribution in [0.25, 0.3) is 10.1 Å². The van der Waals surface area contributed by atoms with Crippen molar-refractivity contribution in [3.05, 3.63) is 35.2 Å². The Morgan fingerprint density at radius 3 is 2.67 bits per heavy atom. The first-order valence-electron chi connectivity index (χ1n) is 6.27. The van der Waals surface area contributed by atoms with Crippen LogP contribution in [0.15, 0.2) is 29.6 Å². The molecule has 2 nitrogen and oxygen atoms in total. The second-order valence-electron chi connectivity index (χ2n) is 4.69. The summed E-state index contributed by atoms with van der Waals surface area (Å²) in [4.78, 5) is 0. The lowest BCUT2D eigenvalue weighted by molar-refractivity contribution is -0.170. The van der Waals surface area contributed by atoms with E-state index in [0.29, 0.717) is 0 Å². The van der Waals surface area contributed by atoms with Crippen LogP contribution in [-0.4, -0.2) is 36.8 Å². The molecular formula is C14H14F4O2S. The number of benzene rings is 1. The highest BCUT2D eigenvalue weighted by atomic mass is 32.1. The smallest absolute Gasteiger partial charge is 0.330 e. The zero-order chi connectivity index (χ0) is 15.5. The molecular weight excluding hydrogens is 308 g/mol. The Balaban J connectivity index is 1.86. The highest BCUT2D eigenvalue weighted by Crippen LogP contribution is 2.27. The summed E-state index contributed by atoms with van der Waals surface area (Å²) < 4.78 is 54.7. The van der Waals surface area contributed by atoms with Gasteiger partial charge < -0.3 is 9.84 Å². The van der Waals surface area contributed by atoms with Gasteiger partial charge in [0.2, 0.25) is 0 Å². The third-order valence-electron chi connectivity index (χ3n) is 2.94. The average Bonchev–Trinajstić information content (AvgIpc) is 2.82. The van der Waals surface area contributed by atoms with Crippen molar-refractivity contribution < 1.29 is 27.4 Å². The van der Waals surface area contributed by atoms with E-state index in [0.717, 1.165) is 15.6 Å². The lowest BCUT2D eigenvalue weighted by Gasteiger charge is -2.17. The molecule has 0 bridgehead atoms. The Bertz CT molecular complexity index is 585. The molecule has 1 aromatic carbocycles. The second-order valence-corrected chi connectivity index (χ2v) is 5.60. The van der Waals surface area contributed by atoms with Crippen molar-refractivity contribution in [3.63, 3.8) is 0 Å². The molecule has 0 radical (unpaired) electrons.